The van der Waals surface area contributed by atoms with Crippen LogP contribution in [0.2, 0.25) is 5.02 Å². The average Bonchev–Trinajstić information content (AvgIpc) is 2.69. The summed E-state index contributed by atoms with van der Waals surface area (Å²) in [4.78, 5) is 0. The Kier molecular flexibility index (Phi) is 5.41. The lowest BCUT2D eigenvalue weighted by molar-refractivity contribution is 0.606. The van der Waals surface area contributed by atoms with Gasteiger partial charge in [0.05, 0.1) is 15.9 Å². The quantitative estimate of drug-likeness (QED) is 0.868. The van der Waals surface area contributed by atoms with Gasteiger partial charge in [0.2, 0.25) is 0 Å². The lowest BCUT2D eigenvalue weighted by Crippen LogP contribution is -2.27. The highest BCUT2D eigenvalue weighted by atomic mass is 79.9. The first-order chi connectivity index (χ1) is 9.92. The minimum atomic E-state index is -0.334. The van der Waals surface area contributed by atoms with E-state index in [1.807, 2.05) is 11.7 Å². The fourth-order valence-electron chi connectivity index (χ4n) is 2.33. The van der Waals surface area contributed by atoms with Crippen LogP contribution in [0.1, 0.15) is 23.9 Å². The number of hydrogen-bond acceptors (Lipinski definition) is 2. The Labute approximate surface area is 137 Å². The summed E-state index contributed by atoms with van der Waals surface area (Å²) in [5, 5.41) is 4.88. The smallest absolute Gasteiger partial charge is 0.124 e. The van der Waals surface area contributed by atoms with Crippen molar-refractivity contribution in [2.45, 2.75) is 32.2 Å². The molecule has 114 valence electrons. The molecule has 2 N–H and O–H groups in total. The van der Waals surface area contributed by atoms with Gasteiger partial charge in [-0.15, -0.1) is 0 Å². The predicted octanol–water partition coefficient (Wildman–Crippen LogP) is 3.65. The van der Waals surface area contributed by atoms with Crippen molar-refractivity contribution in [3.05, 3.63) is 50.5 Å². The van der Waals surface area contributed by atoms with Crippen LogP contribution in [-0.4, -0.2) is 15.8 Å². The molecule has 0 saturated heterocycles. The van der Waals surface area contributed by atoms with Gasteiger partial charge in [-0.1, -0.05) is 24.6 Å². The molecule has 0 aliphatic heterocycles. The lowest BCUT2D eigenvalue weighted by atomic mass is 10.0. The van der Waals surface area contributed by atoms with Gasteiger partial charge in [0.25, 0.3) is 0 Å². The lowest BCUT2D eigenvalue weighted by Gasteiger charge is -2.13. The van der Waals surface area contributed by atoms with Crippen LogP contribution in [0.5, 0.6) is 0 Å². The van der Waals surface area contributed by atoms with Crippen molar-refractivity contribution < 1.29 is 4.39 Å². The average molecular weight is 375 g/mol. The van der Waals surface area contributed by atoms with E-state index in [0.717, 1.165) is 27.8 Å². The molecule has 6 heteroatoms. The third kappa shape index (κ3) is 3.84. The zero-order chi connectivity index (χ0) is 15.6. The number of hydrogen-bond donors (Lipinski definition) is 1. The van der Waals surface area contributed by atoms with Crippen LogP contribution in [0.3, 0.4) is 0 Å². The van der Waals surface area contributed by atoms with Crippen molar-refractivity contribution in [1.29, 1.82) is 0 Å². The molecule has 3 nitrogen and oxygen atoms in total. The number of aromatic nitrogens is 2. The van der Waals surface area contributed by atoms with E-state index < -0.39 is 0 Å². The maximum Gasteiger partial charge on any atom is 0.124 e. The van der Waals surface area contributed by atoms with Gasteiger partial charge in [-0.05, 0) is 46.5 Å². The van der Waals surface area contributed by atoms with E-state index in [2.05, 4.69) is 28.0 Å². The number of rotatable bonds is 5. The largest absolute Gasteiger partial charge is 0.327 e. The van der Waals surface area contributed by atoms with Crippen molar-refractivity contribution in [3.63, 3.8) is 0 Å². The molecular weight excluding hydrogens is 357 g/mol. The van der Waals surface area contributed by atoms with Crippen LogP contribution in [0.15, 0.2) is 22.7 Å². The molecule has 2 rings (SSSR count). The molecular formula is C15H18BrClFN3. The summed E-state index contributed by atoms with van der Waals surface area (Å²) in [5.41, 5.74) is 9.17. The van der Waals surface area contributed by atoms with E-state index in [4.69, 9.17) is 17.3 Å². The second kappa shape index (κ2) is 6.90. The third-order valence-electron chi connectivity index (χ3n) is 3.46. The summed E-state index contributed by atoms with van der Waals surface area (Å²) < 4.78 is 15.9. The molecule has 0 radical (unpaired) electrons. The van der Waals surface area contributed by atoms with E-state index in [1.54, 1.807) is 6.07 Å². The van der Waals surface area contributed by atoms with Crippen LogP contribution >= 0.6 is 27.5 Å². The summed E-state index contributed by atoms with van der Waals surface area (Å²) in [6.07, 6.45) is 2.14. The summed E-state index contributed by atoms with van der Waals surface area (Å²) in [5.74, 6) is -0.334. The Hall–Kier alpha value is -0.910. The Balaban J connectivity index is 2.11. The maximum absolute atomic E-state index is 13.0. The maximum atomic E-state index is 13.0. The molecule has 1 aromatic carbocycles. The fourth-order valence-corrected chi connectivity index (χ4v) is 3.35. The Morgan fingerprint density at radius 3 is 2.71 bits per heavy atom. The Morgan fingerprint density at radius 1 is 1.43 bits per heavy atom. The molecule has 21 heavy (non-hydrogen) atoms. The van der Waals surface area contributed by atoms with E-state index in [-0.39, 0.29) is 11.9 Å². The van der Waals surface area contributed by atoms with Crippen molar-refractivity contribution in [2.75, 3.05) is 0 Å². The highest BCUT2D eigenvalue weighted by Gasteiger charge is 2.16. The van der Waals surface area contributed by atoms with Crippen molar-refractivity contribution in [2.24, 2.45) is 12.8 Å². The molecule has 0 saturated carbocycles. The second-order valence-electron chi connectivity index (χ2n) is 5.09. The molecule has 0 bridgehead atoms. The monoisotopic (exact) mass is 373 g/mol. The second-order valence-corrected chi connectivity index (χ2v) is 6.29. The first-order valence-corrected chi connectivity index (χ1v) is 7.99. The molecule has 1 heterocycles. The Bertz CT molecular complexity index is 642. The first kappa shape index (κ1) is 16.5. The highest BCUT2D eigenvalue weighted by molar-refractivity contribution is 9.10. The van der Waals surface area contributed by atoms with E-state index in [9.17, 15) is 4.39 Å². The van der Waals surface area contributed by atoms with Gasteiger partial charge in [-0.25, -0.2) is 4.39 Å². The van der Waals surface area contributed by atoms with Gasteiger partial charge in [0, 0.05) is 24.5 Å². The van der Waals surface area contributed by atoms with E-state index in [1.165, 1.54) is 12.1 Å². The predicted molar refractivity (Wildman–Crippen MR) is 87.1 cm³/mol. The van der Waals surface area contributed by atoms with Crippen LogP contribution in [0, 0.1) is 5.82 Å². The molecule has 1 unspecified atom stereocenters. The number of nitrogens with zero attached hydrogens (tertiary/aromatic N) is 2. The number of nitrogens with two attached hydrogens (primary N) is 1. The fraction of sp³-hybridized carbons (Fsp3) is 0.400. The van der Waals surface area contributed by atoms with Gasteiger partial charge >= 0.3 is 0 Å². The molecule has 1 aromatic heterocycles. The molecule has 0 aliphatic carbocycles. The Morgan fingerprint density at radius 2 is 2.14 bits per heavy atom. The molecule has 1 atom stereocenters. The van der Waals surface area contributed by atoms with E-state index >= 15 is 0 Å². The zero-order valence-corrected chi connectivity index (χ0v) is 14.4. The van der Waals surface area contributed by atoms with Crippen LogP contribution in [0.25, 0.3) is 0 Å². The summed E-state index contributed by atoms with van der Waals surface area (Å²) in [6.45, 7) is 2.06. The third-order valence-corrected chi connectivity index (χ3v) is 4.72. The minimum Gasteiger partial charge on any atom is -0.327 e. The van der Waals surface area contributed by atoms with Crippen molar-refractivity contribution in [1.82, 2.24) is 9.78 Å². The van der Waals surface area contributed by atoms with Gasteiger partial charge in [-0.2, -0.15) is 5.10 Å². The molecule has 2 aromatic rings. The number of halogens is 3. The normalized spacial score (nSPS) is 12.7. The summed E-state index contributed by atoms with van der Waals surface area (Å²) >= 11 is 9.63. The van der Waals surface area contributed by atoms with Crippen LogP contribution < -0.4 is 5.73 Å². The van der Waals surface area contributed by atoms with Gasteiger partial charge in [-0.3, -0.25) is 4.68 Å². The molecule has 0 fully saturated rings. The minimum absolute atomic E-state index is 0.107. The molecule has 0 amide bonds. The van der Waals surface area contributed by atoms with Crippen LogP contribution in [0.4, 0.5) is 4.39 Å². The van der Waals surface area contributed by atoms with E-state index in [0.29, 0.717) is 17.9 Å². The standard InChI is InChI=1S/C15H18BrClFN3/c1-3-13-15(16)14(21(2)20-13)8-11(19)6-9-4-5-10(18)7-12(9)17/h4-5,7,11H,3,6,8,19H2,1-2H3. The summed E-state index contributed by atoms with van der Waals surface area (Å²) in [6, 6.07) is 4.30. The molecule has 0 spiro atoms. The van der Waals surface area contributed by atoms with Gasteiger partial charge < -0.3 is 5.73 Å². The zero-order valence-electron chi connectivity index (χ0n) is 12.0. The first-order valence-electron chi connectivity index (χ1n) is 6.82. The summed E-state index contributed by atoms with van der Waals surface area (Å²) in [7, 11) is 1.91. The SMILES string of the molecule is CCc1nn(C)c(CC(N)Cc2ccc(F)cc2Cl)c1Br. The number of benzene rings is 1. The number of aryl methyl sites for hydroxylation is 2. The topological polar surface area (TPSA) is 43.8 Å². The highest BCUT2D eigenvalue weighted by Crippen LogP contribution is 2.24. The van der Waals surface area contributed by atoms with Gasteiger partial charge in [0.15, 0.2) is 0 Å². The van der Waals surface area contributed by atoms with Crippen LogP contribution in [-0.2, 0) is 26.3 Å². The van der Waals surface area contributed by atoms with Crippen molar-refractivity contribution >= 4 is 27.5 Å². The molecule has 0 aliphatic rings. The van der Waals surface area contributed by atoms with Crippen molar-refractivity contribution in [3.8, 4) is 0 Å². The van der Waals surface area contributed by atoms with Gasteiger partial charge in [0.1, 0.15) is 5.82 Å².